The van der Waals surface area contributed by atoms with E-state index in [1.165, 1.54) is 6.42 Å². The summed E-state index contributed by atoms with van der Waals surface area (Å²) in [5.41, 5.74) is 0.256. The van der Waals surface area contributed by atoms with E-state index in [1.54, 1.807) is 0 Å². The van der Waals surface area contributed by atoms with Crippen molar-refractivity contribution in [2.45, 2.75) is 39.0 Å². The second kappa shape index (κ2) is 3.30. The fourth-order valence-corrected chi connectivity index (χ4v) is 1.89. The van der Waals surface area contributed by atoms with Crippen LogP contribution in [0.2, 0.25) is 0 Å². The molecule has 68 valence electrons. The Labute approximate surface area is 73.3 Å². The Kier molecular flexibility index (Phi) is 2.55. The molecule has 1 saturated carbocycles. The third-order valence-electron chi connectivity index (χ3n) is 2.94. The highest BCUT2D eigenvalue weighted by Crippen LogP contribution is 2.41. The van der Waals surface area contributed by atoms with E-state index in [1.807, 2.05) is 6.92 Å². The first-order chi connectivity index (χ1) is 5.56. The molecular formula is C10H16O2. The zero-order valence-electron chi connectivity index (χ0n) is 7.60. The van der Waals surface area contributed by atoms with Gasteiger partial charge in [-0.15, -0.1) is 0 Å². The summed E-state index contributed by atoms with van der Waals surface area (Å²) in [5, 5.41) is 8.80. The number of carboxylic acid groups (broad SMARTS) is 1. The summed E-state index contributed by atoms with van der Waals surface area (Å²) in [6.07, 6.45) is 5.49. The Hall–Kier alpha value is -0.790. The molecule has 0 radical (unpaired) electrons. The van der Waals surface area contributed by atoms with Crippen LogP contribution in [0.3, 0.4) is 0 Å². The first kappa shape index (κ1) is 9.30. The van der Waals surface area contributed by atoms with Crippen molar-refractivity contribution in [2.75, 3.05) is 0 Å². The van der Waals surface area contributed by atoms with E-state index in [2.05, 4.69) is 6.58 Å². The number of aliphatic carboxylic acids is 1. The maximum absolute atomic E-state index is 10.7. The Bertz CT molecular complexity index is 200. The van der Waals surface area contributed by atoms with Gasteiger partial charge in [-0.1, -0.05) is 32.8 Å². The van der Waals surface area contributed by atoms with Gasteiger partial charge in [-0.05, 0) is 18.3 Å². The van der Waals surface area contributed by atoms with Gasteiger partial charge in [0, 0.05) is 5.57 Å². The van der Waals surface area contributed by atoms with Crippen LogP contribution < -0.4 is 0 Å². The minimum Gasteiger partial charge on any atom is -0.478 e. The lowest BCUT2D eigenvalue weighted by Gasteiger charge is -2.33. The summed E-state index contributed by atoms with van der Waals surface area (Å²) in [4.78, 5) is 10.7. The molecule has 0 spiro atoms. The van der Waals surface area contributed by atoms with Crippen molar-refractivity contribution in [1.29, 1.82) is 0 Å². The van der Waals surface area contributed by atoms with E-state index >= 15 is 0 Å². The molecule has 0 heterocycles. The molecule has 1 N–H and O–H groups in total. The van der Waals surface area contributed by atoms with E-state index in [9.17, 15) is 4.79 Å². The minimum absolute atomic E-state index is 0.135. The van der Waals surface area contributed by atoms with E-state index in [0.29, 0.717) is 5.57 Å². The molecule has 0 aromatic carbocycles. The van der Waals surface area contributed by atoms with Crippen LogP contribution >= 0.6 is 0 Å². The van der Waals surface area contributed by atoms with Crippen LogP contribution in [0.15, 0.2) is 12.2 Å². The maximum atomic E-state index is 10.7. The van der Waals surface area contributed by atoms with Gasteiger partial charge in [0.05, 0.1) is 0 Å². The lowest BCUT2D eigenvalue weighted by atomic mass is 9.71. The van der Waals surface area contributed by atoms with Crippen molar-refractivity contribution in [3.05, 3.63) is 12.2 Å². The molecule has 0 amide bonds. The SMILES string of the molecule is C=C(C(=O)O)C1(C)CCCCC1. The van der Waals surface area contributed by atoms with E-state index in [-0.39, 0.29) is 5.41 Å². The van der Waals surface area contributed by atoms with Crippen LogP contribution in [0.5, 0.6) is 0 Å². The molecule has 0 unspecified atom stereocenters. The Morgan fingerprint density at radius 2 is 1.83 bits per heavy atom. The minimum atomic E-state index is -0.834. The van der Waals surface area contributed by atoms with Gasteiger partial charge in [-0.25, -0.2) is 4.79 Å². The van der Waals surface area contributed by atoms with Crippen molar-refractivity contribution in [1.82, 2.24) is 0 Å². The molecule has 1 aliphatic rings. The molecule has 2 nitrogen and oxygen atoms in total. The molecular weight excluding hydrogens is 152 g/mol. The summed E-state index contributed by atoms with van der Waals surface area (Å²) < 4.78 is 0. The van der Waals surface area contributed by atoms with Crippen LogP contribution in [0.4, 0.5) is 0 Å². The number of carboxylic acids is 1. The van der Waals surface area contributed by atoms with Gasteiger partial charge < -0.3 is 5.11 Å². The van der Waals surface area contributed by atoms with Crippen LogP contribution in [-0.2, 0) is 4.79 Å². The van der Waals surface area contributed by atoms with Crippen molar-refractivity contribution in [2.24, 2.45) is 5.41 Å². The fourth-order valence-electron chi connectivity index (χ4n) is 1.89. The molecule has 0 bridgehead atoms. The highest BCUT2D eigenvalue weighted by molar-refractivity contribution is 5.87. The predicted molar refractivity (Wildman–Crippen MR) is 48.0 cm³/mol. The largest absolute Gasteiger partial charge is 0.478 e. The lowest BCUT2D eigenvalue weighted by Crippen LogP contribution is -2.26. The first-order valence-electron chi connectivity index (χ1n) is 4.49. The zero-order chi connectivity index (χ0) is 9.19. The summed E-state index contributed by atoms with van der Waals surface area (Å²) in [5.74, 6) is -0.834. The predicted octanol–water partition coefficient (Wildman–Crippen LogP) is 2.60. The lowest BCUT2D eigenvalue weighted by molar-refractivity contribution is -0.134. The first-order valence-corrected chi connectivity index (χ1v) is 4.49. The molecule has 0 saturated heterocycles. The molecule has 0 aromatic rings. The number of carbonyl (C=O) groups is 1. The average molecular weight is 168 g/mol. The molecule has 1 rings (SSSR count). The summed E-state index contributed by atoms with van der Waals surface area (Å²) in [6, 6.07) is 0. The zero-order valence-corrected chi connectivity index (χ0v) is 7.60. The number of hydrogen-bond donors (Lipinski definition) is 1. The standard InChI is InChI=1S/C10H16O2/c1-8(9(11)12)10(2)6-4-3-5-7-10/h1,3-7H2,2H3,(H,11,12). The van der Waals surface area contributed by atoms with Crippen molar-refractivity contribution in [3.8, 4) is 0 Å². The smallest absolute Gasteiger partial charge is 0.331 e. The van der Waals surface area contributed by atoms with Gasteiger partial charge in [-0.3, -0.25) is 0 Å². The topological polar surface area (TPSA) is 37.3 Å². The number of rotatable bonds is 2. The molecule has 0 aromatic heterocycles. The molecule has 0 atom stereocenters. The van der Waals surface area contributed by atoms with E-state index in [4.69, 9.17) is 5.11 Å². The molecule has 1 aliphatic carbocycles. The van der Waals surface area contributed by atoms with Gasteiger partial charge in [0.15, 0.2) is 0 Å². The quantitative estimate of drug-likeness (QED) is 0.643. The number of hydrogen-bond acceptors (Lipinski definition) is 1. The van der Waals surface area contributed by atoms with Crippen LogP contribution in [-0.4, -0.2) is 11.1 Å². The van der Waals surface area contributed by atoms with E-state index < -0.39 is 5.97 Å². The van der Waals surface area contributed by atoms with Crippen molar-refractivity contribution >= 4 is 5.97 Å². The third-order valence-corrected chi connectivity index (χ3v) is 2.94. The molecule has 1 fully saturated rings. The highest BCUT2D eigenvalue weighted by atomic mass is 16.4. The summed E-state index contributed by atoms with van der Waals surface area (Å²) >= 11 is 0. The van der Waals surface area contributed by atoms with Crippen molar-refractivity contribution in [3.63, 3.8) is 0 Å². The van der Waals surface area contributed by atoms with Gasteiger partial charge in [-0.2, -0.15) is 0 Å². The van der Waals surface area contributed by atoms with Crippen LogP contribution in [0, 0.1) is 5.41 Å². The van der Waals surface area contributed by atoms with Gasteiger partial charge in [0.25, 0.3) is 0 Å². The van der Waals surface area contributed by atoms with Crippen molar-refractivity contribution < 1.29 is 9.90 Å². The van der Waals surface area contributed by atoms with Gasteiger partial charge in [0.1, 0.15) is 0 Å². The molecule has 2 heteroatoms. The molecule has 12 heavy (non-hydrogen) atoms. The average Bonchev–Trinajstić information content (AvgIpc) is 2.04. The van der Waals surface area contributed by atoms with Crippen LogP contribution in [0.25, 0.3) is 0 Å². The Morgan fingerprint density at radius 1 is 1.33 bits per heavy atom. The summed E-state index contributed by atoms with van der Waals surface area (Å²) in [7, 11) is 0. The maximum Gasteiger partial charge on any atom is 0.331 e. The van der Waals surface area contributed by atoms with Gasteiger partial charge >= 0.3 is 5.97 Å². The van der Waals surface area contributed by atoms with Gasteiger partial charge in [0.2, 0.25) is 0 Å². The molecule has 0 aliphatic heterocycles. The normalized spacial score (nSPS) is 21.8. The summed E-state index contributed by atoms with van der Waals surface area (Å²) in [6.45, 7) is 5.67. The van der Waals surface area contributed by atoms with E-state index in [0.717, 1.165) is 25.7 Å². The fraction of sp³-hybridized carbons (Fsp3) is 0.700. The van der Waals surface area contributed by atoms with Crippen LogP contribution in [0.1, 0.15) is 39.0 Å². The second-order valence-electron chi connectivity index (χ2n) is 3.91. The monoisotopic (exact) mass is 168 g/mol. The Balaban J connectivity index is 2.69. The Morgan fingerprint density at radius 3 is 2.25 bits per heavy atom. The third kappa shape index (κ3) is 1.68. The highest BCUT2D eigenvalue weighted by Gasteiger charge is 2.32. The second-order valence-corrected chi connectivity index (χ2v) is 3.91.